The number of morpholine rings is 1. The maximum atomic E-state index is 13.0. The van der Waals surface area contributed by atoms with Crippen LogP contribution < -0.4 is 4.90 Å². The molecule has 1 aliphatic heterocycles. The zero-order valence-electron chi connectivity index (χ0n) is 15.0. The maximum absolute atomic E-state index is 13.0. The third-order valence-corrected chi connectivity index (χ3v) is 4.86. The Kier molecular flexibility index (Phi) is 6.24. The first kappa shape index (κ1) is 17.7. The minimum absolute atomic E-state index is 0.0571. The zero-order chi connectivity index (χ0) is 17.5. The largest absolute Gasteiger partial charge is 0.378 e. The van der Waals surface area contributed by atoms with Gasteiger partial charge in [-0.2, -0.15) is 0 Å². The molecule has 3 nitrogen and oxygen atoms in total. The van der Waals surface area contributed by atoms with Gasteiger partial charge < -0.3 is 9.64 Å². The first-order valence-corrected chi connectivity index (χ1v) is 9.29. The number of nitrogens with zero attached hydrogens (tertiary/aromatic N) is 1. The molecule has 2 aromatic rings. The van der Waals surface area contributed by atoms with Crippen LogP contribution in [0.4, 0.5) is 5.69 Å². The van der Waals surface area contributed by atoms with Crippen LogP contribution in [-0.4, -0.2) is 32.1 Å². The number of benzene rings is 2. The van der Waals surface area contributed by atoms with Gasteiger partial charge in [-0.1, -0.05) is 43.7 Å². The summed E-state index contributed by atoms with van der Waals surface area (Å²) in [5, 5.41) is 0. The zero-order valence-corrected chi connectivity index (χ0v) is 15.0. The van der Waals surface area contributed by atoms with Gasteiger partial charge in [-0.25, -0.2) is 0 Å². The van der Waals surface area contributed by atoms with Crippen molar-refractivity contribution in [2.75, 3.05) is 31.2 Å². The second kappa shape index (κ2) is 8.82. The molecule has 0 radical (unpaired) electrons. The summed E-state index contributed by atoms with van der Waals surface area (Å²) in [6.45, 7) is 5.53. The van der Waals surface area contributed by atoms with Crippen molar-refractivity contribution in [3.8, 4) is 0 Å². The average molecular weight is 337 g/mol. The Morgan fingerprint density at radius 3 is 2.36 bits per heavy atom. The highest BCUT2D eigenvalue weighted by molar-refractivity contribution is 5.98. The van der Waals surface area contributed by atoms with Crippen LogP contribution in [0.25, 0.3) is 0 Å². The standard InChI is InChI=1S/C22H27NO2/c1-2-6-20(17-18-7-4-3-5-8-18)22(24)19-9-11-21(12-10-19)23-13-15-25-16-14-23/h3-5,7-12,20H,2,6,13-17H2,1H3. The fourth-order valence-electron chi connectivity index (χ4n) is 3.47. The fourth-order valence-corrected chi connectivity index (χ4v) is 3.47. The molecule has 1 unspecified atom stereocenters. The molecular weight excluding hydrogens is 310 g/mol. The lowest BCUT2D eigenvalue weighted by atomic mass is 9.88. The first-order chi connectivity index (χ1) is 12.3. The van der Waals surface area contributed by atoms with Gasteiger partial charge >= 0.3 is 0 Å². The molecule has 0 N–H and O–H groups in total. The number of Topliss-reactive ketones (excluding diaryl/α,β-unsaturated/α-hetero) is 1. The molecule has 0 bridgehead atoms. The molecule has 25 heavy (non-hydrogen) atoms. The van der Waals surface area contributed by atoms with Crippen LogP contribution in [0.15, 0.2) is 54.6 Å². The highest BCUT2D eigenvalue weighted by Crippen LogP contribution is 2.22. The van der Waals surface area contributed by atoms with Gasteiger partial charge in [-0.05, 0) is 42.7 Å². The molecule has 0 aromatic heterocycles. The lowest BCUT2D eigenvalue weighted by Gasteiger charge is -2.29. The van der Waals surface area contributed by atoms with Crippen LogP contribution in [0.5, 0.6) is 0 Å². The van der Waals surface area contributed by atoms with Gasteiger partial charge in [0.2, 0.25) is 0 Å². The Bertz CT molecular complexity index is 660. The van der Waals surface area contributed by atoms with Gasteiger partial charge in [0.1, 0.15) is 0 Å². The summed E-state index contributed by atoms with van der Waals surface area (Å²) in [5.74, 6) is 0.320. The van der Waals surface area contributed by atoms with Crippen molar-refractivity contribution in [3.63, 3.8) is 0 Å². The summed E-state index contributed by atoms with van der Waals surface area (Å²) in [4.78, 5) is 15.3. The summed E-state index contributed by atoms with van der Waals surface area (Å²) in [6, 6.07) is 18.4. The molecule has 0 amide bonds. The summed E-state index contributed by atoms with van der Waals surface area (Å²) in [7, 11) is 0. The molecule has 3 rings (SSSR count). The normalized spacial score (nSPS) is 15.8. The van der Waals surface area contributed by atoms with E-state index in [1.54, 1.807) is 0 Å². The summed E-state index contributed by atoms with van der Waals surface area (Å²) in [5.41, 5.74) is 3.24. The van der Waals surface area contributed by atoms with Gasteiger partial charge in [0.15, 0.2) is 5.78 Å². The molecule has 1 fully saturated rings. The van der Waals surface area contributed by atoms with Crippen molar-refractivity contribution in [1.29, 1.82) is 0 Å². The highest BCUT2D eigenvalue weighted by Gasteiger charge is 2.20. The van der Waals surface area contributed by atoms with Crippen molar-refractivity contribution in [1.82, 2.24) is 0 Å². The van der Waals surface area contributed by atoms with E-state index in [-0.39, 0.29) is 11.7 Å². The summed E-state index contributed by atoms with van der Waals surface area (Å²) in [6.07, 6.45) is 2.77. The van der Waals surface area contributed by atoms with Crippen LogP contribution in [-0.2, 0) is 11.2 Å². The van der Waals surface area contributed by atoms with Crippen molar-refractivity contribution < 1.29 is 9.53 Å². The van der Waals surface area contributed by atoms with E-state index in [9.17, 15) is 4.79 Å². The van der Waals surface area contributed by atoms with E-state index >= 15 is 0 Å². The highest BCUT2D eigenvalue weighted by atomic mass is 16.5. The molecule has 0 saturated carbocycles. The number of hydrogen-bond acceptors (Lipinski definition) is 3. The van der Waals surface area contributed by atoms with Gasteiger partial charge in [0, 0.05) is 30.3 Å². The van der Waals surface area contributed by atoms with Crippen LogP contribution in [0.3, 0.4) is 0 Å². The van der Waals surface area contributed by atoms with Crippen LogP contribution in [0.2, 0.25) is 0 Å². The molecule has 1 heterocycles. The van der Waals surface area contributed by atoms with Crippen LogP contribution in [0, 0.1) is 5.92 Å². The number of hydrogen-bond donors (Lipinski definition) is 0. The predicted molar refractivity (Wildman–Crippen MR) is 102 cm³/mol. The van der Waals surface area contributed by atoms with E-state index < -0.39 is 0 Å². The minimum Gasteiger partial charge on any atom is -0.378 e. The Morgan fingerprint density at radius 1 is 1.04 bits per heavy atom. The first-order valence-electron chi connectivity index (χ1n) is 9.29. The van der Waals surface area contributed by atoms with Crippen molar-refractivity contribution in [3.05, 3.63) is 65.7 Å². The van der Waals surface area contributed by atoms with Crippen molar-refractivity contribution >= 4 is 11.5 Å². The van der Waals surface area contributed by atoms with Gasteiger partial charge in [-0.15, -0.1) is 0 Å². The Morgan fingerprint density at radius 2 is 1.72 bits per heavy atom. The van der Waals surface area contributed by atoms with E-state index in [2.05, 4.69) is 36.1 Å². The second-order valence-corrected chi connectivity index (χ2v) is 6.69. The third-order valence-electron chi connectivity index (χ3n) is 4.86. The molecular formula is C22H27NO2. The molecule has 3 heteroatoms. The smallest absolute Gasteiger partial charge is 0.166 e. The molecule has 0 aliphatic carbocycles. The lowest BCUT2D eigenvalue weighted by molar-refractivity contribution is 0.0911. The topological polar surface area (TPSA) is 29.5 Å². The number of anilines is 1. The van der Waals surface area contributed by atoms with Gasteiger partial charge in [0.05, 0.1) is 13.2 Å². The quantitative estimate of drug-likeness (QED) is 0.703. The molecule has 1 saturated heterocycles. The average Bonchev–Trinajstić information content (AvgIpc) is 2.69. The minimum atomic E-state index is 0.0571. The predicted octanol–water partition coefficient (Wildman–Crippen LogP) is 4.36. The molecule has 0 spiro atoms. The number of ether oxygens (including phenoxy) is 1. The number of carbonyl (C=O) groups excluding carboxylic acids is 1. The molecule has 1 aliphatic rings. The Labute approximate surface area is 150 Å². The molecule has 1 atom stereocenters. The lowest BCUT2D eigenvalue weighted by Crippen LogP contribution is -2.36. The summed E-state index contributed by atoms with van der Waals surface area (Å²) < 4.78 is 5.40. The van der Waals surface area contributed by atoms with Crippen LogP contribution >= 0.6 is 0 Å². The monoisotopic (exact) mass is 337 g/mol. The number of rotatable bonds is 7. The number of carbonyl (C=O) groups is 1. The van der Waals surface area contributed by atoms with E-state index in [0.29, 0.717) is 0 Å². The van der Waals surface area contributed by atoms with E-state index in [4.69, 9.17) is 4.74 Å². The van der Waals surface area contributed by atoms with Gasteiger partial charge in [0.25, 0.3) is 0 Å². The van der Waals surface area contributed by atoms with E-state index in [0.717, 1.165) is 51.1 Å². The van der Waals surface area contributed by atoms with Crippen molar-refractivity contribution in [2.24, 2.45) is 5.92 Å². The Hall–Kier alpha value is -2.13. The maximum Gasteiger partial charge on any atom is 0.166 e. The van der Waals surface area contributed by atoms with Gasteiger partial charge in [-0.3, -0.25) is 4.79 Å². The fraction of sp³-hybridized carbons (Fsp3) is 0.409. The Balaban J connectivity index is 1.70. The van der Waals surface area contributed by atoms with E-state index in [1.807, 2.05) is 30.3 Å². The van der Waals surface area contributed by atoms with Crippen LogP contribution in [0.1, 0.15) is 35.7 Å². The van der Waals surface area contributed by atoms with Crippen molar-refractivity contribution in [2.45, 2.75) is 26.2 Å². The number of ketones is 1. The SMILES string of the molecule is CCCC(Cc1ccccc1)C(=O)c1ccc(N2CCOCC2)cc1. The summed E-state index contributed by atoms with van der Waals surface area (Å²) >= 11 is 0. The van der Waals surface area contributed by atoms with E-state index in [1.165, 1.54) is 11.3 Å². The second-order valence-electron chi connectivity index (χ2n) is 6.69. The third kappa shape index (κ3) is 4.70. The molecule has 132 valence electrons. The molecule has 2 aromatic carbocycles.